The van der Waals surface area contributed by atoms with Gasteiger partial charge in [-0.25, -0.2) is 4.98 Å². The van der Waals surface area contributed by atoms with Crippen molar-refractivity contribution in [3.63, 3.8) is 0 Å². The zero-order valence-corrected chi connectivity index (χ0v) is 17.1. The van der Waals surface area contributed by atoms with Crippen molar-refractivity contribution in [2.75, 3.05) is 37.8 Å². The van der Waals surface area contributed by atoms with Gasteiger partial charge in [0.2, 0.25) is 17.7 Å². The van der Waals surface area contributed by atoms with Gasteiger partial charge in [0.15, 0.2) is 0 Å². The maximum absolute atomic E-state index is 11.3. The topological polar surface area (TPSA) is 136 Å². The predicted octanol–water partition coefficient (Wildman–Crippen LogP) is 1.85. The Bertz CT molecular complexity index is 906. The van der Waals surface area contributed by atoms with Crippen molar-refractivity contribution in [3.8, 4) is 5.88 Å². The monoisotopic (exact) mass is 414 g/mol. The first kappa shape index (κ1) is 21.6. The van der Waals surface area contributed by atoms with Crippen LogP contribution in [0, 0.1) is 0 Å². The van der Waals surface area contributed by atoms with E-state index in [4.69, 9.17) is 15.2 Å². The van der Waals surface area contributed by atoms with Crippen molar-refractivity contribution in [2.45, 2.75) is 26.0 Å². The molecule has 3 rings (SSSR count). The number of nitrogens with zero attached hydrogens (tertiary/aromatic N) is 5. The number of morpholine rings is 1. The number of primary amides is 1. The van der Waals surface area contributed by atoms with Crippen LogP contribution >= 0.6 is 0 Å². The molecule has 3 N–H and O–H groups in total. The van der Waals surface area contributed by atoms with Gasteiger partial charge in [0, 0.05) is 24.7 Å². The molecule has 1 saturated heterocycles. The third-order valence-electron chi connectivity index (χ3n) is 4.16. The van der Waals surface area contributed by atoms with Crippen LogP contribution in [0.5, 0.6) is 5.88 Å². The van der Waals surface area contributed by atoms with Crippen LogP contribution in [-0.4, -0.2) is 59.5 Å². The summed E-state index contributed by atoms with van der Waals surface area (Å²) >= 11 is 0. The first-order valence-corrected chi connectivity index (χ1v) is 9.63. The Morgan fingerprint density at radius 3 is 2.77 bits per heavy atom. The molecule has 0 unspecified atom stereocenters. The van der Waals surface area contributed by atoms with Gasteiger partial charge in [-0.2, -0.15) is 15.2 Å². The molecule has 0 atom stereocenters. The normalized spacial score (nSPS) is 14.8. The summed E-state index contributed by atoms with van der Waals surface area (Å²) in [5.74, 6) is 0.355. The maximum atomic E-state index is 11.3. The van der Waals surface area contributed by atoms with Crippen molar-refractivity contribution >= 4 is 17.5 Å². The van der Waals surface area contributed by atoms with Gasteiger partial charge >= 0.3 is 0 Å². The molecule has 160 valence electrons. The Hall–Kier alpha value is -3.11. The number of benzene rings is 1. The number of amides is 1. The van der Waals surface area contributed by atoms with E-state index < -0.39 is 11.5 Å². The largest absolute Gasteiger partial charge is 0.474 e. The fourth-order valence-electron chi connectivity index (χ4n) is 2.68. The number of carbonyl (C=O) groups excluding carboxylic acids is 1. The fraction of sp³-hybridized carbons (Fsp3) is 0.450. The molecule has 1 aromatic heterocycles. The van der Waals surface area contributed by atoms with Crippen LogP contribution in [0.15, 0.2) is 40.6 Å². The second-order valence-electron chi connectivity index (χ2n) is 7.51. The number of nitrogens with two attached hydrogens (primary N) is 1. The van der Waals surface area contributed by atoms with Gasteiger partial charge < -0.3 is 25.2 Å². The lowest BCUT2D eigenvalue weighted by Gasteiger charge is -2.27. The Morgan fingerprint density at radius 1 is 1.30 bits per heavy atom. The molecule has 1 fully saturated rings. The first-order valence-electron chi connectivity index (χ1n) is 9.63. The molecule has 0 spiro atoms. The number of hydrogen-bond donors (Lipinski definition) is 2. The summed E-state index contributed by atoms with van der Waals surface area (Å²) in [5, 5.41) is 18.3. The SMILES string of the molecule is CC(C)(O)COc1cc(CN=Nc2cccc(C(N)=O)c2)nc(N2CCOCC2)n1. The molecule has 2 heterocycles. The lowest BCUT2D eigenvalue weighted by atomic mass is 10.2. The fourth-order valence-corrected chi connectivity index (χ4v) is 2.68. The van der Waals surface area contributed by atoms with Crippen LogP contribution < -0.4 is 15.4 Å². The van der Waals surface area contributed by atoms with Crippen LogP contribution in [-0.2, 0) is 11.3 Å². The van der Waals surface area contributed by atoms with Crippen molar-refractivity contribution < 1.29 is 19.4 Å². The number of aromatic nitrogens is 2. The highest BCUT2D eigenvalue weighted by atomic mass is 16.5. The third kappa shape index (κ3) is 6.46. The van der Waals surface area contributed by atoms with Crippen molar-refractivity contribution in [1.29, 1.82) is 0 Å². The maximum Gasteiger partial charge on any atom is 0.248 e. The van der Waals surface area contributed by atoms with E-state index in [2.05, 4.69) is 20.2 Å². The van der Waals surface area contributed by atoms with E-state index in [0.717, 1.165) is 0 Å². The number of anilines is 1. The highest BCUT2D eigenvalue weighted by molar-refractivity contribution is 5.93. The molecule has 10 nitrogen and oxygen atoms in total. The van der Waals surface area contributed by atoms with E-state index >= 15 is 0 Å². The van der Waals surface area contributed by atoms with E-state index in [0.29, 0.717) is 55.1 Å². The molecule has 30 heavy (non-hydrogen) atoms. The van der Waals surface area contributed by atoms with Gasteiger partial charge in [-0.1, -0.05) is 6.07 Å². The number of carbonyl (C=O) groups is 1. The van der Waals surface area contributed by atoms with Gasteiger partial charge in [0.05, 0.1) is 30.2 Å². The first-order chi connectivity index (χ1) is 14.3. The Balaban J connectivity index is 1.77. The molecule has 1 aliphatic heterocycles. The van der Waals surface area contributed by atoms with E-state index in [1.807, 2.05) is 4.90 Å². The lowest BCUT2D eigenvalue weighted by molar-refractivity contribution is 0.0267. The Morgan fingerprint density at radius 2 is 2.07 bits per heavy atom. The second-order valence-corrected chi connectivity index (χ2v) is 7.51. The number of azo groups is 1. The smallest absolute Gasteiger partial charge is 0.248 e. The highest BCUT2D eigenvalue weighted by Crippen LogP contribution is 2.20. The van der Waals surface area contributed by atoms with Crippen LogP contribution in [0.4, 0.5) is 11.6 Å². The molecule has 1 amide bonds. The Labute approximate surface area is 174 Å². The summed E-state index contributed by atoms with van der Waals surface area (Å²) in [4.78, 5) is 22.3. The number of aliphatic hydroxyl groups is 1. The molecule has 1 aromatic carbocycles. The average Bonchev–Trinajstić information content (AvgIpc) is 2.72. The molecule has 2 aromatic rings. The van der Waals surface area contributed by atoms with Crippen LogP contribution in [0.25, 0.3) is 0 Å². The standard InChI is InChI=1S/C20H26N6O4/c1-20(2,28)13-30-17-11-16(23-19(24-17)26-6-8-29-9-7-26)12-22-25-15-5-3-4-14(10-15)18(21)27/h3-5,10-11,28H,6-9,12-13H2,1-2H3,(H2,21,27). The molecule has 0 bridgehead atoms. The van der Waals surface area contributed by atoms with E-state index in [9.17, 15) is 9.90 Å². The molecule has 0 saturated carbocycles. The van der Waals surface area contributed by atoms with Gasteiger partial charge in [-0.3, -0.25) is 4.79 Å². The van der Waals surface area contributed by atoms with Gasteiger partial charge in [0.1, 0.15) is 13.2 Å². The zero-order valence-electron chi connectivity index (χ0n) is 17.1. The predicted molar refractivity (Wildman–Crippen MR) is 110 cm³/mol. The minimum atomic E-state index is -0.991. The second kappa shape index (κ2) is 9.59. The minimum Gasteiger partial charge on any atom is -0.474 e. The van der Waals surface area contributed by atoms with E-state index in [1.54, 1.807) is 44.2 Å². The summed E-state index contributed by atoms with van der Waals surface area (Å²) < 4.78 is 11.1. The summed E-state index contributed by atoms with van der Waals surface area (Å²) in [5.41, 5.74) is 5.81. The number of rotatable bonds is 8. The summed E-state index contributed by atoms with van der Waals surface area (Å²) in [7, 11) is 0. The molecular weight excluding hydrogens is 388 g/mol. The lowest BCUT2D eigenvalue weighted by Crippen LogP contribution is -2.37. The van der Waals surface area contributed by atoms with Crippen LogP contribution in [0.1, 0.15) is 29.9 Å². The molecule has 0 aliphatic carbocycles. The summed E-state index contributed by atoms with van der Waals surface area (Å²) in [6.07, 6.45) is 0. The highest BCUT2D eigenvalue weighted by Gasteiger charge is 2.18. The van der Waals surface area contributed by atoms with Crippen molar-refractivity contribution in [1.82, 2.24) is 9.97 Å². The van der Waals surface area contributed by atoms with E-state index in [-0.39, 0.29) is 13.2 Å². The third-order valence-corrected chi connectivity index (χ3v) is 4.16. The summed E-state index contributed by atoms with van der Waals surface area (Å²) in [6.45, 7) is 6.16. The van der Waals surface area contributed by atoms with Crippen LogP contribution in [0.3, 0.4) is 0 Å². The molecular formula is C20H26N6O4. The quantitative estimate of drug-likeness (QED) is 0.629. The molecule has 10 heteroatoms. The molecule has 1 aliphatic rings. The number of ether oxygens (including phenoxy) is 2. The Kier molecular flexibility index (Phi) is 6.91. The average molecular weight is 414 g/mol. The van der Waals surface area contributed by atoms with Gasteiger partial charge in [-0.05, 0) is 32.0 Å². The van der Waals surface area contributed by atoms with Crippen molar-refractivity contribution in [2.24, 2.45) is 16.0 Å². The van der Waals surface area contributed by atoms with Gasteiger partial charge in [-0.15, -0.1) is 0 Å². The number of hydrogen-bond acceptors (Lipinski definition) is 9. The van der Waals surface area contributed by atoms with E-state index in [1.165, 1.54) is 0 Å². The summed E-state index contributed by atoms with van der Waals surface area (Å²) in [6, 6.07) is 8.29. The van der Waals surface area contributed by atoms with Crippen LogP contribution in [0.2, 0.25) is 0 Å². The minimum absolute atomic E-state index is 0.0907. The molecule has 0 radical (unpaired) electrons. The zero-order chi connectivity index (χ0) is 21.6. The van der Waals surface area contributed by atoms with Crippen molar-refractivity contribution in [3.05, 3.63) is 41.6 Å². The van der Waals surface area contributed by atoms with Gasteiger partial charge in [0.25, 0.3) is 0 Å².